The Kier molecular flexibility index (Phi) is 8.11. The number of carbonyl (C=O) groups excluding carboxylic acids is 1. The zero-order valence-corrected chi connectivity index (χ0v) is 18.7. The van der Waals surface area contributed by atoms with Crippen LogP contribution in [0.3, 0.4) is 0 Å². The SMILES string of the molecule is CCOC(=O)CN=C1CCCC(N(C)S(=O)(=O)c2cnc(Cl)c(Br)c2)C1C=N. The summed E-state index contributed by atoms with van der Waals surface area (Å²) in [5, 5.41) is 7.98. The summed E-state index contributed by atoms with van der Waals surface area (Å²) >= 11 is 9.05. The van der Waals surface area contributed by atoms with Crippen LogP contribution in [-0.2, 0) is 19.6 Å². The molecule has 0 amide bonds. The van der Waals surface area contributed by atoms with Crippen molar-refractivity contribution in [2.45, 2.75) is 37.1 Å². The van der Waals surface area contributed by atoms with E-state index >= 15 is 0 Å². The molecular formula is C17H22BrClN4O4S. The van der Waals surface area contributed by atoms with Crippen LogP contribution in [0.4, 0.5) is 0 Å². The lowest BCUT2D eigenvalue weighted by Gasteiger charge is -2.36. The van der Waals surface area contributed by atoms with Crippen LogP contribution in [-0.4, -0.2) is 61.8 Å². The molecule has 1 saturated carbocycles. The molecular weight excluding hydrogens is 472 g/mol. The van der Waals surface area contributed by atoms with E-state index in [-0.39, 0.29) is 23.2 Å². The van der Waals surface area contributed by atoms with Crippen molar-refractivity contribution in [2.75, 3.05) is 20.2 Å². The molecule has 1 aromatic heterocycles. The quantitative estimate of drug-likeness (QED) is 0.356. The lowest BCUT2D eigenvalue weighted by atomic mass is 9.83. The minimum atomic E-state index is -3.85. The van der Waals surface area contributed by atoms with E-state index in [1.165, 1.54) is 29.8 Å². The molecule has 0 aromatic carbocycles. The molecule has 0 radical (unpaired) electrons. The first-order chi connectivity index (χ1) is 13.2. The van der Waals surface area contributed by atoms with E-state index in [0.29, 0.717) is 29.4 Å². The summed E-state index contributed by atoms with van der Waals surface area (Å²) < 4.78 is 32.6. The smallest absolute Gasteiger partial charge is 0.327 e. The Morgan fingerprint density at radius 1 is 1.57 bits per heavy atom. The molecule has 28 heavy (non-hydrogen) atoms. The molecule has 1 aliphatic rings. The number of nitrogens with one attached hydrogen (secondary N) is 1. The van der Waals surface area contributed by atoms with Crippen molar-refractivity contribution in [1.29, 1.82) is 5.41 Å². The number of aliphatic imine (C=N–C) groups is 1. The van der Waals surface area contributed by atoms with E-state index in [1.54, 1.807) is 6.92 Å². The molecule has 0 bridgehead atoms. The van der Waals surface area contributed by atoms with Crippen molar-refractivity contribution in [2.24, 2.45) is 10.9 Å². The Morgan fingerprint density at radius 2 is 2.29 bits per heavy atom. The van der Waals surface area contributed by atoms with Gasteiger partial charge in [-0.1, -0.05) is 11.6 Å². The number of hydrogen-bond acceptors (Lipinski definition) is 7. The van der Waals surface area contributed by atoms with Gasteiger partial charge < -0.3 is 10.1 Å². The van der Waals surface area contributed by atoms with Crippen LogP contribution in [0.25, 0.3) is 0 Å². The molecule has 2 rings (SSSR count). The molecule has 8 nitrogen and oxygen atoms in total. The second kappa shape index (κ2) is 9.91. The van der Waals surface area contributed by atoms with E-state index in [2.05, 4.69) is 25.9 Å². The minimum absolute atomic E-state index is 0.00518. The summed E-state index contributed by atoms with van der Waals surface area (Å²) in [4.78, 5) is 19.8. The van der Waals surface area contributed by atoms with Gasteiger partial charge in [0.1, 0.15) is 16.6 Å². The first-order valence-electron chi connectivity index (χ1n) is 8.70. The van der Waals surface area contributed by atoms with E-state index in [0.717, 1.165) is 0 Å². The first-order valence-corrected chi connectivity index (χ1v) is 11.3. The normalized spacial score (nSPS) is 21.7. The van der Waals surface area contributed by atoms with Gasteiger partial charge >= 0.3 is 5.97 Å². The van der Waals surface area contributed by atoms with Crippen LogP contribution >= 0.6 is 27.5 Å². The van der Waals surface area contributed by atoms with Crippen molar-refractivity contribution in [3.05, 3.63) is 21.9 Å². The van der Waals surface area contributed by atoms with Crippen LogP contribution < -0.4 is 0 Å². The van der Waals surface area contributed by atoms with Gasteiger partial charge in [-0.25, -0.2) is 13.4 Å². The standard InChI is InChI=1S/C17H22BrClN4O4S/c1-3-27-16(24)10-21-14-5-4-6-15(12(14)8-20)23(2)28(25,26)11-7-13(18)17(19)22-9-11/h7-9,12,15,20H,3-6,10H2,1-2H3. The van der Waals surface area contributed by atoms with Gasteiger partial charge in [0.25, 0.3) is 0 Å². The second-order valence-electron chi connectivity index (χ2n) is 6.23. The summed E-state index contributed by atoms with van der Waals surface area (Å²) in [5.74, 6) is -0.953. The molecule has 1 N–H and O–H groups in total. The van der Waals surface area contributed by atoms with Gasteiger partial charge in [0.05, 0.1) is 11.1 Å². The molecule has 0 aliphatic heterocycles. The topological polar surface area (TPSA) is 113 Å². The molecule has 1 fully saturated rings. The zero-order valence-electron chi connectivity index (χ0n) is 15.6. The Labute approximate surface area is 178 Å². The van der Waals surface area contributed by atoms with Gasteiger partial charge in [0, 0.05) is 37.1 Å². The van der Waals surface area contributed by atoms with E-state index in [4.69, 9.17) is 21.7 Å². The summed E-state index contributed by atoms with van der Waals surface area (Å²) in [5.41, 5.74) is 0.636. The van der Waals surface area contributed by atoms with E-state index in [9.17, 15) is 13.2 Å². The molecule has 1 aliphatic carbocycles. The number of ether oxygens (including phenoxy) is 1. The highest BCUT2D eigenvalue weighted by atomic mass is 79.9. The maximum absolute atomic E-state index is 13.0. The number of rotatable bonds is 7. The lowest BCUT2D eigenvalue weighted by molar-refractivity contribution is -0.141. The third-order valence-electron chi connectivity index (χ3n) is 4.54. The molecule has 1 heterocycles. The van der Waals surface area contributed by atoms with Crippen LogP contribution in [0.5, 0.6) is 0 Å². The van der Waals surface area contributed by atoms with E-state index in [1.807, 2.05) is 0 Å². The third kappa shape index (κ3) is 5.16. The summed E-state index contributed by atoms with van der Waals surface area (Å²) in [6, 6.07) is 0.922. The molecule has 11 heteroatoms. The van der Waals surface area contributed by atoms with Gasteiger partial charge in [-0.05, 0) is 48.2 Å². The van der Waals surface area contributed by atoms with Gasteiger partial charge in [0.2, 0.25) is 10.0 Å². The zero-order chi connectivity index (χ0) is 20.9. The molecule has 2 atom stereocenters. The summed E-state index contributed by atoms with van der Waals surface area (Å²) in [7, 11) is -2.37. The van der Waals surface area contributed by atoms with Crippen molar-refractivity contribution in [1.82, 2.24) is 9.29 Å². The van der Waals surface area contributed by atoms with Crippen LogP contribution in [0.15, 0.2) is 26.6 Å². The molecule has 1 aromatic rings. The highest BCUT2D eigenvalue weighted by Crippen LogP contribution is 2.30. The monoisotopic (exact) mass is 492 g/mol. The van der Waals surface area contributed by atoms with Crippen molar-refractivity contribution in [3.63, 3.8) is 0 Å². The van der Waals surface area contributed by atoms with Crippen molar-refractivity contribution in [3.8, 4) is 0 Å². The Hall–Kier alpha value is -1.36. The number of pyridine rings is 1. The molecule has 0 spiro atoms. The lowest BCUT2D eigenvalue weighted by Crippen LogP contribution is -2.47. The Bertz CT molecular complexity index is 878. The predicted octanol–water partition coefficient (Wildman–Crippen LogP) is 2.94. The number of esters is 1. The molecule has 0 saturated heterocycles. The first kappa shape index (κ1) is 22.9. The highest BCUT2D eigenvalue weighted by molar-refractivity contribution is 9.10. The predicted molar refractivity (Wildman–Crippen MR) is 111 cm³/mol. The van der Waals surface area contributed by atoms with Crippen LogP contribution in [0.2, 0.25) is 5.15 Å². The number of hydrogen-bond donors (Lipinski definition) is 1. The van der Waals surface area contributed by atoms with Crippen LogP contribution in [0, 0.1) is 11.3 Å². The summed E-state index contributed by atoms with van der Waals surface area (Å²) in [6.45, 7) is 1.85. The van der Waals surface area contributed by atoms with Gasteiger partial charge in [0.15, 0.2) is 0 Å². The fraction of sp³-hybridized carbons (Fsp3) is 0.529. The molecule has 154 valence electrons. The number of sulfonamides is 1. The number of carbonyl (C=O) groups is 1. The summed E-state index contributed by atoms with van der Waals surface area (Å²) in [6.07, 6.45) is 4.29. The fourth-order valence-corrected chi connectivity index (χ4v) is 5.10. The number of aromatic nitrogens is 1. The third-order valence-corrected chi connectivity index (χ3v) is 7.53. The van der Waals surface area contributed by atoms with Crippen molar-refractivity contribution >= 4 is 55.4 Å². The second-order valence-corrected chi connectivity index (χ2v) is 9.44. The van der Waals surface area contributed by atoms with Gasteiger partial charge in [-0.3, -0.25) is 9.79 Å². The molecule has 2 unspecified atom stereocenters. The average Bonchev–Trinajstić information content (AvgIpc) is 2.67. The highest BCUT2D eigenvalue weighted by Gasteiger charge is 2.37. The Balaban J connectivity index is 2.28. The Morgan fingerprint density at radius 3 is 2.89 bits per heavy atom. The minimum Gasteiger partial charge on any atom is -0.465 e. The number of halogens is 2. The van der Waals surface area contributed by atoms with Gasteiger partial charge in [-0.15, -0.1) is 0 Å². The average molecular weight is 494 g/mol. The maximum atomic E-state index is 13.0. The van der Waals surface area contributed by atoms with Crippen LogP contribution in [0.1, 0.15) is 26.2 Å². The maximum Gasteiger partial charge on any atom is 0.327 e. The number of nitrogens with zero attached hydrogens (tertiary/aromatic N) is 3. The van der Waals surface area contributed by atoms with E-state index < -0.39 is 28.0 Å². The van der Waals surface area contributed by atoms with Gasteiger partial charge in [-0.2, -0.15) is 4.31 Å². The largest absolute Gasteiger partial charge is 0.465 e. The fourth-order valence-electron chi connectivity index (χ4n) is 3.12. The van der Waals surface area contributed by atoms with Crippen molar-refractivity contribution < 1.29 is 17.9 Å².